The van der Waals surface area contributed by atoms with E-state index in [1.807, 2.05) is 0 Å². The second kappa shape index (κ2) is 8.94. The summed E-state index contributed by atoms with van der Waals surface area (Å²) >= 11 is 0. The number of carbonyl (C=O) groups is 2. The number of rotatable bonds is 7. The summed E-state index contributed by atoms with van der Waals surface area (Å²) in [6, 6.07) is 9.57. The molecule has 2 rings (SSSR count). The summed E-state index contributed by atoms with van der Waals surface area (Å²) in [6.07, 6.45) is -0.776. The van der Waals surface area contributed by atoms with E-state index in [0.717, 1.165) is 0 Å². The van der Waals surface area contributed by atoms with Crippen molar-refractivity contribution in [1.29, 1.82) is 0 Å². The van der Waals surface area contributed by atoms with Gasteiger partial charge in [-0.25, -0.2) is 8.78 Å². The molecule has 0 spiro atoms. The molecule has 0 aliphatic carbocycles. The number of nitrogens with one attached hydrogen (secondary N) is 2. The Morgan fingerprint density at radius 3 is 2.35 bits per heavy atom. The molecule has 0 aliphatic rings. The number of benzene rings is 2. The van der Waals surface area contributed by atoms with Gasteiger partial charge in [-0.15, -0.1) is 0 Å². The van der Waals surface area contributed by atoms with Crippen molar-refractivity contribution in [2.24, 2.45) is 0 Å². The van der Waals surface area contributed by atoms with Gasteiger partial charge in [0.15, 0.2) is 6.10 Å². The van der Waals surface area contributed by atoms with Crippen LogP contribution in [0.3, 0.4) is 0 Å². The van der Waals surface area contributed by atoms with Crippen molar-refractivity contribution in [2.45, 2.75) is 20.0 Å². The smallest absolute Gasteiger partial charge is 0.260 e. The Morgan fingerprint density at radius 1 is 1.04 bits per heavy atom. The van der Waals surface area contributed by atoms with Gasteiger partial charge in [-0.2, -0.15) is 0 Å². The molecule has 26 heavy (non-hydrogen) atoms. The summed E-state index contributed by atoms with van der Waals surface area (Å²) in [4.78, 5) is 23.8. The van der Waals surface area contributed by atoms with Crippen molar-refractivity contribution in [3.05, 3.63) is 65.2 Å². The third-order valence-corrected chi connectivity index (χ3v) is 3.64. The van der Waals surface area contributed by atoms with Gasteiger partial charge < -0.3 is 15.4 Å². The van der Waals surface area contributed by atoms with Gasteiger partial charge in [-0.1, -0.05) is 6.07 Å². The average molecular weight is 362 g/mol. The van der Waals surface area contributed by atoms with Gasteiger partial charge in [0.05, 0.1) is 0 Å². The summed E-state index contributed by atoms with van der Waals surface area (Å²) in [6.45, 7) is 3.55. The van der Waals surface area contributed by atoms with Crippen LogP contribution in [-0.4, -0.2) is 31.0 Å². The summed E-state index contributed by atoms with van der Waals surface area (Å²) in [7, 11) is 0. The summed E-state index contributed by atoms with van der Waals surface area (Å²) in [5.41, 5.74) is 0.677. The molecule has 1 unspecified atom stereocenters. The Morgan fingerprint density at radius 2 is 1.69 bits per heavy atom. The van der Waals surface area contributed by atoms with Crippen molar-refractivity contribution in [3.63, 3.8) is 0 Å². The minimum Gasteiger partial charge on any atom is -0.481 e. The number of carbonyl (C=O) groups excluding carboxylic acids is 2. The highest BCUT2D eigenvalue weighted by Gasteiger charge is 2.14. The largest absolute Gasteiger partial charge is 0.481 e. The molecule has 0 fully saturated rings. The zero-order valence-corrected chi connectivity index (χ0v) is 14.5. The second-order valence-electron chi connectivity index (χ2n) is 5.72. The number of ether oxygens (including phenoxy) is 1. The molecule has 2 aromatic rings. The first kappa shape index (κ1) is 19.4. The Hall–Kier alpha value is -2.96. The van der Waals surface area contributed by atoms with Crippen LogP contribution in [0, 0.1) is 18.6 Å². The first-order chi connectivity index (χ1) is 12.4. The normalized spacial score (nSPS) is 11.5. The molecule has 5 nitrogen and oxygen atoms in total. The molecular formula is C19H20F2N2O3. The van der Waals surface area contributed by atoms with Crippen LogP contribution in [-0.2, 0) is 4.79 Å². The first-order valence-electron chi connectivity index (χ1n) is 8.11. The number of hydrogen-bond donors (Lipinski definition) is 2. The SMILES string of the molecule is Cc1ccc(C(=O)NCCNC(=O)C(C)Oc2ccc(F)cc2)cc1F. The third-order valence-electron chi connectivity index (χ3n) is 3.64. The number of aryl methyl sites for hydroxylation is 1. The lowest BCUT2D eigenvalue weighted by Gasteiger charge is -2.15. The predicted molar refractivity (Wildman–Crippen MR) is 93.0 cm³/mol. The van der Waals surface area contributed by atoms with Crippen molar-refractivity contribution in [1.82, 2.24) is 10.6 Å². The van der Waals surface area contributed by atoms with E-state index < -0.39 is 23.6 Å². The van der Waals surface area contributed by atoms with Crippen LogP contribution in [0.25, 0.3) is 0 Å². The zero-order valence-electron chi connectivity index (χ0n) is 14.5. The highest BCUT2D eigenvalue weighted by atomic mass is 19.1. The molecule has 138 valence electrons. The van der Waals surface area contributed by atoms with Gasteiger partial charge in [-0.3, -0.25) is 9.59 Å². The first-order valence-corrected chi connectivity index (χ1v) is 8.11. The van der Waals surface area contributed by atoms with Crippen molar-refractivity contribution >= 4 is 11.8 Å². The minimum absolute atomic E-state index is 0.184. The van der Waals surface area contributed by atoms with Crippen LogP contribution in [0.5, 0.6) is 5.75 Å². The molecule has 1 atom stereocenters. The van der Waals surface area contributed by atoms with Crippen molar-refractivity contribution in [3.8, 4) is 5.75 Å². The topological polar surface area (TPSA) is 67.4 Å². The van der Waals surface area contributed by atoms with Crippen LogP contribution in [0.1, 0.15) is 22.8 Å². The third kappa shape index (κ3) is 5.54. The van der Waals surface area contributed by atoms with Crippen LogP contribution < -0.4 is 15.4 Å². The second-order valence-corrected chi connectivity index (χ2v) is 5.72. The Labute approximate surface area is 150 Å². The zero-order chi connectivity index (χ0) is 19.1. The molecule has 0 bridgehead atoms. The molecule has 0 saturated heterocycles. The summed E-state index contributed by atoms with van der Waals surface area (Å²) in [5.74, 6) is -1.25. The maximum Gasteiger partial charge on any atom is 0.260 e. The van der Waals surface area contributed by atoms with E-state index >= 15 is 0 Å². The molecule has 2 N–H and O–H groups in total. The molecular weight excluding hydrogens is 342 g/mol. The standard InChI is InChI=1S/C19H20F2N2O3/c1-12-3-4-14(11-17(12)21)19(25)23-10-9-22-18(24)13(2)26-16-7-5-15(20)6-8-16/h3-8,11,13H,9-10H2,1-2H3,(H,22,24)(H,23,25). The highest BCUT2D eigenvalue weighted by molar-refractivity contribution is 5.94. The lowest BCUT2D eigenvalue weighted by atomic mass is 10.1. The van der Waals surface area contributed by atoms with Gasteiger partial charge >= 0.3 is 0 Å². The Balaban J connectivity index is 1.72. The molecule has 0 aromatic heterocycles. The van der Waals surface area contributed by atoms with Crippen LogP contribution >= 0.6 is 0 Å². The Bertz CT molecular complexity index is 779. The quantitative estimate of drug-likeness (QED) is 0.744. The average Bonchev–Trinajstić information content (AvgIpc) is 2.62. The number of hydrogen-bond acceptors (Lipinski definition) is 3. The molecule has 2 amide bonds. The van der Waals surface area contributed by atoms with E-state index in [1.54, 1.807) is 13.8 Å². The molecule has 0 heterocycles. The lowest BCUT2D eigenvalue weighted by molar-refractivity contribution is -0.127. The molecule has 0 aliphatic heterocycles. The molecule has 0 radical (unpaired) electrons. The molecule has 2 aromatic carbocycles. The summed E-state index contributed by atoms with van der Waals surface area (Å²) < 4.78 is 31.7. The number of halogens is 2. The van der Waals surface area contributed by atoms with E-state index in [9.17, 15) is 18.4 Å². The highest BCUT2D eigenvalue weighted by Crippen LogP contribution is 2.13. The number of amides is 2. The predicted octanol–water partition coefficient (Wildman–Crippen LogP) is 2.59. The summed E-state index contributed by atoms with van der Waals surface area (Å²) in [5, 5.41) is 5.21. The Kier molecular flexibility index (Phi) is 6.66. The van der Waals surface area contributed by atoms with Crippen LogP contribution in [0.4, 0.5) is 8.78 Å². The van der Waals surface area contributed by atoms with Gasteiger partial charge in [0.2, 0.25) is 0 Å². The van der Waals surface area contributed by atoms with Gasteiger partial charge in [-0.05, 0) is 55.8 Å². The van der Waals surface area contributed by atoms with E-state index in [4.69, 9.17) is 4.74 Å². The van der Waals surface area contributed by atoms with Gasteiger partial charge in [0.25, 0.3) is 11.8 Å². The van der Waals surface area contributed by atoms with Crippen LogP contribution in [0.15, 0.2) is 42.5 Å². The molecule has 0 saturated carbocycles. The van der Waals surface area contributed by atoms with E-state index in [2.05, 4.69) is 10.6 Å². The fraction of sp³-hybridized carbons (Fsp3) is 0.263. The van der Waals surface area contributed by atoms with Crippen molar-refractivity contribution in [2.75, 3.05) is 13.1 Å². The van der Waals surface area contributed by atoms with Crippen LogP contribution in [0.2, 0.25) is 0 Å². The fourth-order valence-corrected chi connectivity index (χ4v) is 2.11. The van der Waals surface area contributed by atoms with E-state index in [-0.39, 0.29) is 24.6 Å². The maximum atomic E-state index is 13.5. The lowest BCUT2D eigenvalue weighted by Crippen LogP contribution is -2.40. The van der Waals surface area contributed by atoms with E-state index in [1.165, 1.54) is 42.5 Å². The fourth-order valence-electron chi connectivity index (χ4n) is 2.11. The molecule has 7 heteroatoms. The van der Waals surface area contributed by atoms with Gasteiger partial charge in [0, 0.05) is 18.7 Å². The maximum absolute atomic E-state index is 13.5. The van der Waals surface area contributed by atoms with Gasteiger partial charge in [0.1, 0.15) is 17.4 Å². The minimum atomic E-state index is -0.776. The van der Waals surface area contributed by atoms with Crippen molar-refractivity contribution < 1.29 is 23.1 Å². The monoisotopic (exact) mass is 362 g/mol. The van der Waals surface area contributed by atoms with E-state index in [0.29, 0.717) is 11.3 Å².